The Bertz CT molecular complexity index is 642. The van der Waals surface area contributed by atoms with E-state index in [0.29, 0.717) is 5.56 Å². The van der Waals surface area contributed by atoms with Gasteiger partial charge in [0, 0.05) is 24.9 Å². The number of non-ortho nitro benzene ring substituents is 1. The molecule has 8 heteroatoms. The highest BCUT2D eigenvalue weighted by atomic mass is 19.4. The molecule has 0 aliphatic carbocycles. The zero-order valence-corrected chi connectivity index (χ0v) is 10.6. The van der Waals surface area contributed by atoms with Gasteiger partial charge in [0.25, 0.3) is 5.69 Å². The van der Waals surface area contributed by atoms with Crippen molar-refractivity contribution < 1.29 is 18.1 Å². The van der Waals surface area contributed by atoms with Crippen molar-refractivity contribution in [2.45, 2.75) is 12.7 Å². The molecule has 0 spiro atoms. The number of hydrogen-bond acceptors (Lipinski definition) is 4. The predicted octanol–water partition coefficient (Wildman–Crippen LogP) is 3.62. The summed E-state index contributed by atoms with van der Waals surface area (Å²) in [4.78, 5) is 13.6. The number of alkyl halides is 3. The minimum Gasteiger partial charge on any atom is -0.365 e. The second kappa shape index (κ2) is 5.78. The van der Waals surface area contributed by atoms with E-state index in [-0.39, 0.29) is 18.1 Å². The predicted molar refractivity (Wildman–Crippen MR) is 69.7 cm³/mol. The minimum absolute atomic E-state index is 0.0763. The first-order valence-electron chi connectivity index (χ1n) is 5.87. The van der Waals surface area contributed by atoms with Crippen molar-refractivity contribution in [3.63, 3.8) is 0 Å². The van der Waals surface area contributed by atoms with Crippen LogP contribution in [0.4, 0.5) is 24.7 Å². The van der Waals surface area contributed by atoms with Crippen LogP contribution in [0.25, 0.3) is 0 Å². The van der Waals surface area contributed by atoms with E-state index >= 15 is 0 Å². The Hall–Kier alpha value is -2.64. The molecule has 1 aromatic heterocycles. The largest absolute Gasteiger partial charge is 0.419 e. The summed E-state index contributed by atoms with van der Waals surface area (Å²) < 4.78 is 38.3. The van der Waals surface area contributed by atoms with Gasteiger partial charge in [-0.3, -0.25) is 10.1 Å². The molecule has 5 nitrogen and oxygen atoms in total. The number of nitro benzene ring substituents is 1. The summed E-state index contributed by atoms with van der Waals surface area (Å²) in [7, 11) is 0. The quantitative estimate of drug-likeness (QED) is 0.691. The molecule has 0 aliphatic heterocycles. The van der Waals surface area contributed by atoms with E-state index in [1.165, 1.54) is 36.5 Å². The molecule has 0 amide bonds. The van der Waals surface area contributed by atoms with Crippen LogP contribution < -0.4 is 5.32 Å². The molecule has 0 saturated heterocycles. The van der Waals surface area contributed by atoms with E-state index < -0.39 is 16.7 Å². The maximum atomic E-state index is 12.8. The van der Waals surface area contributed by atoms with Crippen LogP contribution in [0, 0.1) is 10.1 Å². The number of aromatic nitrogens is 1. The van der Waals surface area contributed by atoms with E-state index in [1.54, 1.807) is 0 Å². The zero-order chi connectivity index (χ0) is 15.5. The molecule has 21 heavy (non-hydrogen) atoms. The highest BCUT2D eigenvalue weighted by molar-refractivity contribution is 5.46. The highest BCUT2D eigenvalue weighted by Gasteiger charge is 2.33. The average molecular weight is 297 g/mol. The van der Waals surface area contributed by atoms with Gasteiger partial charge in [-0.1, -0.05) is 12.1 Å². The number of nitrogens with zero attached hydrogens (tertiary/aromatic N) is 2. The highest BCUT2D eigenvalue weighted by Crippen LogP contribution is 2.33. The number of hydrogen-bond donors (Lipinski definition) is 1. The van der Waals surface area contributed by atoms with E-state index in [2.05, 4.69) is 10.3 Å². The maximum Gasteiger partial charge on any atom is 0.419 e. The van der Waals surface area contributed by atoms with Crippen molar-refractivity contribution in [2.75, 3.05) is 5.32 Å². The molecule has 2 rings (SSSR count). The van der Waals surface area contributed by atoms with Gasteiger partial charge < -0.3 is 5.32 Å². The number of anilines is 1. The summed E-state index contributed by atoms with van der Waals surface area (Å²) >= 11 is 0. The molecular weight excluding hydrogens is 287 g/mol. The Morgan fingerprint density at radius 2 is 1.86 bits per heavy atom. The molecule has 0 aliphatic rings. The number of nitro groups is 1. The molecule has 0 bridgehead atoms. The van der Waals surface area contributed by atoms with E-state index in [4.69, 9.17) is 0 Å². The molecular formula is C13H10F3N3O2. The number of halogens is 3. The van der Waals surface area contributed by atoms with Crippen LogP contribution in [0.1, 0.15) is 11.1 Å². The summed E-state index contributed by atoms with van der Waals surface area (Å²) in [6.45, 7) is 0.0814. The Labute approximate surface area is 117 Å². The van der Waals surface area contributed by atoms with Crippen molar-refractivity contribution in [1.82, 2.24) is 4.98 Å². The normalized spacial score (nSPS) is 11.2. The topological polar surface area (TPSA) is 68.1 Å². The van der Waals surface area contributed by atoms with E-state index in [0.717, 1.165) is 6.07 Å². The third-order valence-electron chi connectivity index (χ3n) is 2.72. The van der Waals surface area contributed by atoms with Crippen molar-refractivity contribution in [2.24, 2.45) is 0 Å². The van der Waals surface area contributed by atoms with Crippen LogP contribution in [-0.4, -0.2) is 9.91 Å². The monoisotopic (exact) mass is 297 g/mol. The lowest BCUT2D eigenvalue weighted by Gasteiger charge is -2.13. The summed E-state index contributed by atoms with van der Waals surface area (Å²) in [5.41, 5.74) is -0.321. The molecule has 0 radical (unpaired) electrons. The molecule has 1 heterocycles. The molecule has 0 saturated carbocycles. The van der Waals surface area contributed by atoms with Gasteiger partial charge in [-0.2, -0.15) is 13.2 Å². The minimum atomic E-state index is -4.49. The summed E-state index contributed by atoms with van der Waals surface area (Å²) in [6.07, 6.45) is -3.24. The van der Waals surface area contributed by atoms with Gasteiger partial charge in [-0.25, -0.2) is 4.98 Å². The van der Waals surface area contributed by atoms with Crippen LogP contribution in [0.15, 0.2) is 42.6 Å². The molecule has 2 aromatic rings. The van der Waals surface area contributed by atoms with E-state index in [9.17, 15) is 23.3 Å². The van der Waals surface area contributed by atoms with Gasteiger partial charge in [0.1, 0.15) is 5.82 Å². The van der Waals surface area contributed by atoms with E-state index in [1.807, 2.05) is 0 Å². The summed E-state index contributed by atoms with van der Waals surface area (Å²) in [6, 6.07) is 7.67. The first-order valence-corrected chi connectivity index (χ1v) is 5.87. The van der Waals surface area contributed by atoms with Gasteiger partial charge in [0.15, 0.2) is 0 Å². The lowest BCUT2D eigenvalue weighted by atomic mass is 10.2. The van der Waals surface area contributed by atoms with Crippen LogP contribution in [0.3, 0.4) is 0 Å². The molecule has 1 N–H and O–H groups in total. The fraction of sp³-hybridized carbons (Fsp3) is 0.154. The number of nitrogens with one attached hydrogen (secondary N) is 1. The summed E-state index contributed by atoms with van der Waals surface area (Å²) in [5.74, 6) is -0.275. The van der Waals surface area contributed by atoms with Gasteiger partial charge in [-0.05, 0) is 17.7 Å². The van der Waals surface area contributed by atoms with Crippen molar-refractivity contribution in [3.8, 4) is 0 Å². The zero-order valence-electron chi connectivity index (χ0n) is 10.6. The van der Waals surface area contributed by atoms with Gasteiger partial charge in [-0.15, -0.1) is 0 Å². The first kappa shape index (κ1) is 14.8. The lowest BCUT2D eigenvalue weighted by molar-refractivity contribution is -0.384. The second-order valence-corrected chi connectivity index (χ2v) is 4.17. The average Bonchev–Trinajstić information content (AvgIpc) is 2.45. The Morgan fingerprint density at radius 1 is 1.19 bits per heavy atom. The summed E-state index contributed by atoms with van der Waals surface area (Å²) in [5, 5.41) is 13.1. The lowest BCUT2D eigenvalue weighted by Crippen LogP contribution is -2.12. The fourth-order valence-electron chi connectivity index (χ4n) is 1.70. The second-order valence-electron chi connectivity index (χ2n) is 4.17. The van der Waals surface area contributed by atoms with Gasteiger partial charge in [0.05, 0.1) is 10.5 Å². The van der Waals surface area contributed by atoms with Crippen LogP contribution >= 0.6 is 0 Å². The Balaban J connectivity index is 2.12. The first-order chi connectivity index (χ1) is 9.88. The Morgan fingerprint density at radius 3 is 2.43 bits per heavy atom. The number of rotatable bonds is 4. The third-order valence-corrected chi connectivity index (χ3v) is 2.72. The van der Waals surface area contributed by atoms with Crippen molar-refractivity contribution in [3.05, 3.63) is 63.8 Å². The van der Waals surface area contributed by atoms with Crippen LogP contribution in [0.5, 0.6) is 0 Å². The van der Waals surface area contributed by atoms with Crippen LogP contribution in [-0.2, 0) is 12.7 Å². The standard InChI is InChI=1S/C13H10F3N3O2/c14-13(15,16)11-2-1-7-17-12(11)18-8-9-3-5-10(6-4-9)19(20)21/h1-7H,8H2,(H,17,18). The van der Waals surface area contributed by atoms with Crippen LogP contribution in [0.2, 0.25) is 0 Å². The number of benzene rings is 1. The number of pyridine rings is 1. The third kappa shape index (κ3) is 3.68. The van der Waals surface area contributed by atoms with Gasteiger partial charge in [0.2, 0.25) is 0 Å². The smallest absolute Gasteiger partial charge is 0.365 e. The van der Waals surface area contributed by atoms with Gasteiger partial charge >= 0.3 is 6.18 Å². The van der Waals surface area contributed by atoms with Crippen molar-refractivity contribution in [1.29, 1.82) is 0 Å². The fourth-order valence-corrected chi connectivity index (χ4v) is 1.70. The van der Waals surface area contributed by atoms with Crippen molar-refractivity contribution >= 4 is 11.5 Å². The molecule has 0 unspecified atom stereocenters. The molecule has 1 aromatic carbocycles. The molecule has 0 fully saturated rings. The maximum absolute atomic E-state index is 12.8. The molecule has 0 atom stereocenters. The SMILES string of the molecule is O=[N+]([O-])c1ccc(CNc2ncccc2C(F)(F)F)cc1. The molecule has 110 valence electrons. The Kier molecular flexibility index (Phi) is 4.06.